The highest BCUT2D eigenvalue weighted by molar-refractivity contribution is 5.86. The van der Waals surface area contributed by atoms with Gasteiger partial charge in [-0.25, -0.2) is 0 Å². The second-order valence-electron chi connectivity index (χ2n) is 27.0. The summed E-state index contributed by atoms with van der Waals surface area (Å²) in [4.78, 5) is 117. The number of unbranched alkanes of at least 4 members (excludes halogenated alkanes) is 9. The predicted octanol–water partition coefficient (Wildman–Crippen LogP) is 0.220. The summed E-state index contributed by atoms with van der Waals surface area (Å²) >= 11 is 0. The van der Waals surface area contributed by atoms with Crippen LogP contribution in [0.4, 0.5) is 0 Å². The number of hydrogen-bond donors (Lipinski definition) is 15. The molecule has 15 N–H and O–H groups in total. The molecule has 31 nitrogen and oxygen atoms in total. The van der Waals surface area contributed by atoms with Gasteiger partial charge in [-0.05, 0) is 95.8 Å². The number of aliphatic hydroxyl groups is 9. The van der Waals surface area contributed by atoms with E-state index in [-0.39, 0.29) is 144 Å². The molecule has 0 saturated carbocycles. The molecule has 0 bridgehead atoms. The van der Waals surface area contributed by atoms with E-state index in [4.69, 9.17) is 33.2 Å². The Bertz CT molecular complexity index is 2380. The molecule has 101 heavy (non-hydrogen) atoms. The van der Waals surface area contributed by atoms with Gasteiger partial charge in [0.2, 0.25) is 35.4 Å². The number of ketones is 3. The van der Waals surface area contributed by atoms with Crippen molar-refractivity contribution in [3.63, 3.8) is 0 Å². The first kappa shape index (κ1) is 90.4. The number of ether oxygens (including phenoxy) is 7. The predicted molar refractivity (Wildman–Crippen MR) is 365 cm³/mol. The van der Waals surface area contributed by atoms with E-state index in [0.29, 0.717) is 142 Å². The Kier molecular flexibility index (Phi) is 47.5. The molecule has 3 rings (SSSR count). The van der Waals surface area contributed by atoms with E-state index in [1.54, 1.807) is 13.8 Å². The standard InChI is InChI=1S/C70H124N6O25/c1-45-62(89)64(91)53(42-77)99-68(45)96-36-17-5-8-26-57(85)72-33-16-13-25-52(83)51(24-12-15-32-73-59(87)29-20-23-49(81)30-39-95-4)48(41-60(88)75-35-21-34-74-58(86)28-9-6-18-37-97-69-46(2)63(90)65(92)54(43-78)100-69)40-50(82)22-11-14-31-71-56(84)27-10-7-19-38-98-70-61(76-47(3)80)67(94)66(93)55(44-79)101-70/h45-46,48,51,53-55,61-70,77-79,89-94H,5-44H2,1-4H3,(H,71,84)(H,72,85)(H,73,87)(H,74,86)(H,75,88)(H,76,80)/t45?,46?,48?,51?,53?,54?,55?,61?,62-,63-,64+,65+,66+,67-,68-,69-,70-/m1/s1. The van der Waals surface area contributed by atoms with Crippen molar-refractivity contribution in [3.8, 4) is 0 Å². The lowest BCUT2D eigenvalue weighted by molar-refractivity contribution is -0.282. The number of carbonyl (C=O) groups is 9. The normalized spacial score (nSPS) is 25.7. The lowest BCUT2D eigenvalue weighted by Gasteiger charge is -2.42. The van der Waals surface area contributed by atoms with Crippen molar-refractivity contribution in [2.75, 3.05) is 86.1 Å². The smallest absolute Gasteiger partial charge is 0.220 e. The Morgan fingerprint density at radius 1 is 0.386 bits per heavy atom. The maximum atomic E-state index is 14.5. The summed E-state index contributed by atoms with van der Waals surface area (Å²) in [5, 5.41) is 107. The largest absolute Gasteiger partial charge is 0.394 e. The minimum atomic E-state index is -1.44. The van der Waals surface area contributed by atoms with E-state index in [2.05, 4.69) is 31.9 Å². The SMILES string of the molecule is COCCC(=O)CCCC(=O)NCCCCC(C(=O)CCCCNC(=O)CCCCCO[C@@H]1OC(CO)[C@H](O)[C@H](O)C1C)C(CC(=O)CCCCNC(=O)CCCCCO[C@@H]1OC(CO)[C@H](O)[C@H](O)C1NC(C)=O)CC(=O)NCCCNC(=O)CCCCCO[C@@H]1OC(CO)[C@H](O)[C@H](O)C1C. The van der Waals surface area contributed by atoms with Crippen LogP contribution < -0.4 is 31.9 Å². The molecule has 17 atom stereocenters. The molecule has 0 spiro atoms. The molecule has 0 aliphatic carbocycles. The van der Waals surface area contributed by atoms with Crippen LogP contribution in [0.2, 0.25) is 0 Å². The molecule has 584 valence electrons. The van der Waals surface area contributed by atoms with E-state index in [9.17, 15) is 89.1 Å². The van der Waals surface area contributed by atoms with Crippen molar-refractivity contribution in [2.24, 2.45) is 23.7 Å². The molecule has 0 aromatic rings. The minimum Gasteiger partial charge on any atom is -0.394 e. The van der Waals surface area contributed by atoms with E-state index in [1.807, 2.05) is 0 Å². The summed E-state index contributed by atoms with van der Waals surface area (Å²) in [5.41, 5.74) is 0. The molecular weight excluding hydrogens is 1320 g/mol. The van der Waals surface area contributed by atoms with Crippen LogP contribution in [-0.4, -0.2) is 265 Å². The molecule has 0 aromatic carbocycles. The first-order valence-electron chi connectivity index (χ1n) is 36.8. The highest BCUT2D eigenvalue weighted by atomic mass is 16.7. The van der Waals surface area contributed by atoms with Crippen LogP contribution in [0.3, 0.4) is 0 Å². The summed E-state index contributed by atoms with van der Waals surface area (Å²) in [7, 11) is 1.51. The Morgan fingerprint density at radius 2 is 0.772 bits per heavy atom. The Hall–Kier alpha value is -4.81. The van der Waals surface area contributed by atoms with Gasteiger partial charge in [-0.1, -0.05) is 39.5 Å². The zero-order valence-corrected chi connectivity index (χ0v) is 60.2. The average Bonchev–Trinajstić information content (AvgIpc) is 0.823. The quantitative estimate of drug-likeness (QED) is 0.0362. The maximum absolute atomic E-state index is 14.5. The zero-order valence-electron chi connectivity index (χ0n) is 60.2. The highest BCUT2D eigenvalue weighted by Crippen LogP contribution is 2.31. The zero-order chi connectivity index (χ0) is 74.5. The Labute approximate surface area is 595 Å². The summed E-state index contributed by atoms with van der Waals surface area (Å²) < 4.78 is 39.1. The average molecular weight is 1450 g/mol. The van der Waals surface area contributed by atoms with Crippen molar-refractivity contribution in [1.82, 2.24) is 31.9 Å². The lowest BCUT2D eigenvalue weighted by Crippen LogP contribution is -2.64. The van der Waals surface area contributed by atoms with Gasteiger partial charge in [-0.2, -0.15) is 0 Å². The van der Waals surface area contributed by atoms with Crippen LogP contribution in [0.1, 0.15) is 201 Å². The molecule has 3 aliphatic heterocycles. The molecule has 0 radical (unpaired) electrons. The monoisotopic (exact) mass is 1450 g/mol. The van der Waals surface area contributed by atoms with Crippen molar-refractivity contribution < 1.29 is 122 Å². The lowest BCUT2D eigenvalue weighted by atomic mass is 9.77. The molecule has 0 aromatic heterocycles. The van der Waals surface area contributed by atoms with Crippen molar-refractivity contribution >= 4 is 52.8 Å². The number of nitrogens with one attached hydrogen (secondary N) is 6. The van der Waals surface area contributed by atoms with E-state index in [0.717, 1.165) is 0 Å². The number of rotatable bonds is 57. The van der Waals surface area contributed by atoms with Gasteiger partial charge >= 0.3 is 0 Å². The van der Waals surface area contributed by atoms with E-state index < -0.39 is 129 Å². The van der Waals surface area contributed by atoms with Crippen LogP contribution in [0.15, 0.2) is 0 Å². The topological polar surface area (TPSA) is 472 Å². The number of aliphatic hydroxyl groups excluding tert-OH is 9. The fourth-order valence-corrected chi connectivity index (χ4v) is 12.4. The minimum absolute atomic E-state index is 0.00491. The van der Waals surface area contributed by atoms with Gasteiger partial charge in [-0.3, -0.25) is 43.2 Å². The van der Waals surface area contributed by atoms with Gasteiger partial charge < -0.3 is 111 Å². The molecule has 8 unspecified atom stereocenters. The Morgan fingerprint density at radius 3 is 1.23 bits per heavy atom. The maximum Gasteiger partial charge on any atom is 0.220 e. The van der Waals surface area contributed by atoms with Crippen LogP contribution in [0.25, 0.3) is 0 Å². The number of amides is 6. The number of hydrogen-bond acceptors (Lipinski definition) is 25. The summed E-state index contributed by atoms with van der Waals surface area (Å²) in [6, 6.07) is -1.06. The summed E-state index contributed by atoms with van der Waals surface area (Å²) in [5.74, 6) is -4.35. The van der Waals surface area contributed by atoms with Gasteiger partial charge in [0.25, 0.3) is 0 Å². The van der Waals surface area contributed by atoms with Crippen LogP contribution in [-0.2, 0) is 76.3 Å². The molecular formula is C70H124N6O25. The fourth-order valence-electron chi connectivity index (χ4n) is 12.4. The van der Waals surface area contributed by atoms with Gasteiger partial charge in [-0.15, -0.1) is 0 Å². The molecule has 3 saturated heterocycles. The van der Waals surface area contributed by atoms with E-state index >= 15 is 0 Å². The number of carbonyl (C=O) groups excluding carboxylic acids is 9. The fraction of sp³-hybridized carbons (Fsp3) is 0.871. The highest BCUT2D eigenvalue weighted by Gasteiger charge is 2.46. The number of methoxy groups -OCH3 is 1. The third kappa shape index (κ3) is 36.6. The van der Waals surface area contributed by atoms with Crippen LogP contribution in [0.5, 0.6) is 0 Å². The Balaban J connectivity index is 1.57. The third-order valence-corrected chi connectivity index (χ3v) is 18.6. The van der Waals surface area contributed by atoms with Gasteiger partial charge in [0.05, 0.1) is 38.6 Å². The first-order valence-corrected chi connectivity index (χ1v) is 36.8. The number of Topliss-reactive ketones (excluding diaryl/α,β-unsaturated/α-hetero) is 3. The molecule has 3 fully saturated rings. The molecule has 3 heterocycles. The van der Waals surface area contributed by atoms with Crippen molar-refractivity contribution in [3.05, 3.63) is 0 Å². The van der Waals surface area contributed by atoms with Crippen molar-refractivity contribution in [2.45, 2.75) is 280 Å². The second kappa shape index (κ2) is 53.0. The molecule has 6 amide bonds. The summed E-state index contributed by atoms with van der Waals surface area (Å²) in [6.45, 7) is 5.51. The first-order chi connectivity index (χ1) is 48.5. The molecule has 31 heteroatoms. The van der Waals surface area contributed by atoms with Gasteiger partial charge in [0.1, 0.15) is 66.1 Å². The van der Waals surface area contributed by atoms with Gasteiger partial charge in [0, 0.05) is 149 Å². The van der Waals surface area contributed by atoms with E-state index in [1.165, 1.54) is 14.0 Å². The molecule has 3 aliphatic rings. The second-order valence-corrected chi connectivity index (χ2v) is 27.0. The van der Waals surface area contributed by atoms with Crippen LogP contribution >= 0.6 is 0 Å². The third-order valence-electron chi connectivity index (χ3n) is 18.6. The summed E-state index contributed by atoms with van der Waals surface area (Å²) in [6.07, 6.45) is -2.75. The van der Waals surface area contributed by atoms with Gasteiger partial charge in [0.15, 0.2) is 18.9 Å². The van der Waals surface area contributed by atoms with Crippen LogP contribution in [0, 0.1) is 23.7 Å². The van der Waals surface area contributed by atoms with Crippen molar-refractivity contribution in [1.29, 1.82) is 0 Å².